The van der Waals surface area contributed by atoms with Crippen LogP contribution in [0.25, 0.3) is 0 Å². The summed E-state index contributed by atoms with van der Waals surface area (Å²) in [6.45, 7) is 0. The van der Waals surface area contributed by atoms with E-state index in [0.29, 0.717) is 10.7 Å². The molecule has 0 aliphatic heterocycles. The molecule has 1 aromatic carbocycles. The first-order valence-electron chi connectivity index (χ1n) is 4.90. The van der Waals surface area contributed by atoms with Crippen LogP contribution in [0.3, 0.4) is 0 Å². The highest BCUT2D eigenvalue weighted by Crippen LogP contribution is 2.22. The zero-order valence-corrected chi connectivity index (χ0v) is 9.46. The Morgan fingerprint density at radius 2 is 1.94 bits per heavy atom. The van der Waals surface area contributed by atoms with E-state index in [1.807, 2.05) is 0 Å². The molecule has 5 heteroatoms. The van der Waals surface area contributed by atoms with E-state index in [-0.39, 0.29) is 5.56 Å². The summed E-state index contributed by atoms with van der Waals surface area (Å²) in [4.78, 5) is 3.98. The second kappa shape index (κ2) is 4.77. The van der Waals surface area contributed by atoms with Crippen LogP contribution in [-0.2, 0) is 0 Å². The quantitative estimate of drug-likeness (QED) is 0.895. The standard InChI is InChI=1S/C12H9ClF2N2/c13-7-4-5-10(17-6-7)12(16)8-2-1-3-9(14)11(8)15/h1-6,12H,16H2. The van der Waals surface area contributed by atoms with Crippen molar-refractivity contribution in [2.24, 2.45) is 5.73 Å². The van der Waals surface area contributed by atoms with E-state index in [1.165, 1.54) is 18.3 Å². The lowest BCUT2D eigenvalue weighted by molar-refractivity contribution is 0.494. The first kappa shape index (κ1) is 12.0. The Morgan fingerprint density at radius 3 is 2.59 bits per heavy atom. The van der Waals surface area contributed by atoms with E-state index in [0.717, 1.165) is 6.07 Å². The van der Waals surface area contributed by atoms with Gasteiger partial charge in [-0.05, 0) is 18.2 Å². The number of nitrogens with two attached hydrogens (primary N) is 1. The second-order valence-corrected chi connectivity index (χ2v) is 3.96. The van der Waals surface area contributed by atoms with Crippen LogP contribution in [0.4, 0.5) is 8.78 Å². The molecule has 1 aromatic heterocycles. The van der Waals surface area contributed by atoms with Crippen LogP contribution in [-0.4, -0.2) is 4.98 Å². The Bertz CT molecular complexity index is 529. The minimum atomic E-state index is -0.947. The number of aromatic nitrogens is 1. The summed E-state index contributed by atoms with van der Waals surface area (Å²) in [7, 11) is 0. The van der Waals surface area contributed by atoms with E-state index in [4.69, 9.17) is 17.3 Å². The van der Waals surface area contributed by atoms with Crippen molar-refractivity contribution < 1.29 is 8.78 Å². The van der Waals surface area contributed by atoms with Crippen molar-refractivity contribution in [3.8, 4) is 0 Å². The summed E-state index contributed by atoms with van der Waals surface area (Å²) < 4.78 is 26.6. The Balaban J connectivity index is 2.40. The summed E-state index contributed by atoms with van der Waals surface area (Å²) in [5.74, 6) is -1.87. The molecule has 0 saturated heterocycles. The largest absolute Gasteiger partial charge is 0.319 e. The van der Waals surface area contributed by atoms with Crippen LogP contribution in [0.2, 0.25) is 5.02 Å². The number of halogens is 3. The zero-order valence-electron chi connectivity index (χ0n) is 8.70. The van der Waals surface area contributed by atoms with Gasteiger partial charge >= 0.3 is 0 Å². The maximum absolute atomic E-state index is 13.5. The van der Waals surface area contributed by atoms with Crippen molar-refractivity contribution in [3.63, 3.8) is 0 Å². The van der Waals surface area contributed by atoms with Crippen molar-refractivity contribution in [2.75, 3.05) is 0 Å². The molecule has 88 valence electrons. The van der Waals surface area contributed by atoms with Crippen molar-refractivity contribution in [1.82, 2.24) is 4.98 Å². The Labute approximate surface area is 102 Å². The third-order valence-electron chi connectivity index (χ3n) is 2.39. The Hall–Kier alpha value is -1.52. The molecular formula is C12H9ClF2N2. The van der Waals surface area contributed by atoms with Gasteiger partial charge in [-0.1, -0.05) is 23.7 Å². The van der Waals surface area contributed by atoms with Gasteiger partial charge in [-0.2, -0.15) is 0 Å². The SMILES string of the molecule is NC(c1ccc(Cl)cn1)c1cccc(F)c1F. The van der Waals surface area contributed by atoms with Gasteiger partial charge < -0.3 is 5.73 Å². The first-order chi connectivity index (χ1) is 8.09. The number of benzene rings is 1. The van der Waals surface area contributed by atoms with E-state index in [9.17, 15) is 8.78 Å². The number of hydrogen-bond donors (Lipinski definition) is 1. The smallest absolute Gasteiger partial charge is 0.163 e. The van der Waals surface area contributed by atoms with Crippen molar-refractivity contribution in [2.45, 2.75) is 6.04 Å². The van der Waals surface area contributed by atoms with Gasteiger partial charge in [0.05, 0.1) is 16.8 Å². The third kappa shape index (κ3) is 2.43. The predicted octanol–water partition coefficient (Wildman–Crippen LogP) is 3.06. The van der Waals surface area contributed by atoms with Gasteiger partial charge in [-0.3, -0.25) is 4.98 Å². The van der Waals surface area contributed by atoms with Gasteiger partial charge in [0.15, 0.2) is 11.6 Å². The summed E-state index contributed by atoms with van der Waals surface area (Å²) in [6, 6.07) is 6.24. The lowest BCUT2D eigenvalue weighted by Crippen LogP contribution is -2.15. The highest BCUT2D eigenvalue weighted by atomic mass is 35.5. The average molecular weight is 255 g/mol. The monoisotopic (exact) mass is 254 g/mol. The molecule has 17 heavy (non-hydrogen) atoms. The van der Waals surface area contributed by atoms with E-state index < -0.39 is 17.7 Å². The van der Waals surface area contributed by atoms with E-state index in [1.54, 1.807) is 12.1 Å². The minimum Gasteiger partial charge on any atom is -0.319 e. The number of hydrogen-bond acceptors (Lipinski definition) is 2. The molecule has 1 atom stereocenters. The molecule has 0 bridgehead atoms. The van der Waals surface area contributed by atoms with Gasteiger partial charge in [0.1, 0.15) is 0 Å². The van der Waals surface area contributed by atoms with Crippen LogP contribution in [0.5, 0.6) is 0 Å². The van der Waals surface area contributed by atoms with Crippen molar-refractivity contribution >= 4 is 11.6 Å². The molecule has 1 heterocycles. The zero-order chi connectivity index (χ0) is 12.4. The average Bonchev–Trinajstić information content (AvgIpc) is 2.33. The van der Waals surface area contributed by atoms with Gasteiger partial charge in [0, 0.05) is 11.8 Å². The molecule has 2 nitrogen and oxygen atoms in total. The minimum absolute atomic E-state index is 0.0693. The summed E-state index contributed by atoms with van der Waals surface area (Å²) in [6.07, 6.45) is 1.41. The molecule has 0 aliphatic rings. The lowest BCUT2D eigenvalue weighted by atomic mass is 10.0. The van der Waals surface area contributed by atoms with Crippen LogP contribution in [0.1, 0.15) is 17.3 Å². The van der Waals surface area contributed by atoms with Crippen LogP contribution < -0.4 is 5.73 Å². The molecule has 2 N–H and O–H groups in total. The van der Waals surface area contributed by atoms with Gasteiger partial charge in [0.25, 0.3) is 0 Å². The highest BCUT2D eigenvalue weighted by molar-refractivity contribution is 6.30. The van der Waals surface area contributed by atoms with Gasteiger partial charge in [0.2, 0.25) is 0 Å². The summed E-state index contributed by atoms with van der Waals surface area (Å²) in [5, 5.41) is 0.459. The maximum atomic E-state index is 13.5. The van der Waals surface area contributed by atoms with Gasteiger partial charge in [-0.15, -0.1) is 0 Å². The topological polar surface area (TPSA) is 38.9 Å². The molecule has 0 saturated carbocycles. The van der Waals surface area contributed by atoms with E-state index >= 15 is 0 Å². The number of pyridine rings is 1. The molecule has 0 radical (unpaired) electrons. The van der Waals surface area contributed by atoms with Crippen LogP contribution >= 0.6 is 11.6 Å². The fraction of sp³-hybridized carbons (Fsp3) is 0.0833. The predicted molar refractivity (Wildman–Crippen MR) is 61.6 cm³/mol. The fourth-order valence-corrected chi connectivity index (χ4v) is 1.60. The molecule has 1 unspecified atom stereocenters. The highest BCUT2D eigenvalue weighted by Gasteiger charge is 2.17. The van der Waals surface area contributed by atoms with Crippen molar-refractivity contribution in [1.29, 1.82) is 0 Å². The van der Waals surface area contributed by atoms with Crippen molar-refractivity contribution in [3.05, 3.63) is 64.4 Å². The van der Waals surface area contributed by atoms with Crippen LogP contribution in [0.15, 0.2) is 36.5 Å². The second-order valence-electron chi connectivity index (χ2n) is 3.52. The first-order valence-corrected chi connectivity index (χ1v) is 5.28. The van der Waals surface area contributed by atoms with E-state index in [2.05, 4.69) is 4.98 Å². The Kier molecular flexibility index (Phi) is 3.36. The van der Waals surface area contributed by atoms with Gasteiger partial charge in [-0.25, -0.2) is 8.78 Å². The summed E-state index contributed by atoms with van der Waals surface area (Å²) in [5.41, 5.74) is 6.32. The third-order valence-corrected chi connectivity index (χ3v) is 2.61. The molecule has 0 fully saturated rings. The van der Waals surface area contributed by atoms with Crippen LogP contribution in [0, 0.1) is 11.6 Å². The summed E-state index contributed by atoms with van der Waals surface area (Å²) >= 11 is 5.68. The lowest BCUT2D eigenvalue weighted by Gasteiger charge is -2.12. The molecule has 2 aromatic rings. The molecular weight excluding hydrogens is 246 g/mol. The Morgan fingerprint density at radius 1 is 1.18 bits per heavy atom. The number of rotatable bonds is 2. The maximum Gasteiger partial charge on any atom is 0.163 e. The molecule has 0 aliphatic carbocycles. The molecule has 2 rings (SSSR count). The normalized spacial score (nSPS) is 12.5. The number of nitrogens with zero attached hydrogens (tertiary/aromatic N) is 1. The molecule has 0 spiro atoms. The molecule has 0 amide bonds. The fourth-order valence-electron chi connectivity index (χ4n) is 1.49.